The molecule has 0 atom stereocenters. The van der Waals surface area contributed by atoms with Crippen LogP contribution >= 0.6 is 0 Å². The van der Waals surface area contributed by atoms with Gasteiger partial charge >= 0.3 is 5.97 Å². The minimum absolute atomic E-state index is 0.0352. The lowest BCUT2D eigenvalue weighted by atomic mass is 10.4. The molecule has 1 rings (SSSR count). The largest absolute Gasteiger partial charge is 0.437 e. The van der Waals surface area contributed by atoms with Crippen molar-refractivity contribution in [1.82, 2.24) is 20.2 Å². The van der Waals surface area contributed by atoms with Gasteiger partial charge in [0.2, 0.25) is 6.73 Å². The number of ether oxygens (including phenoxy) is 1. The van der Waals surface area contributed by atoms with Crippen molar-refractivity contribution in [3.8, 4) is 0 Å². The molecule has 6 nitrogen and oxygen atoms in total. The molecule has 0 fully saturated rings. The number of hydrogen-bond acceptors (Lipinski definition) is 5. The zero-order valence-corrected chi connectivity index (χ0v) is 7.52. The molecule has 0 aliphatic carbocycles. The summed E-state index contributed by atoms with van der Waals surface area (Å²) in [5.41, 5.74) is 0.344. The van der Waals surface area contributed by atoms with Crippen molar-refractivity contribution in [1.29, 1.82) is 0 Å². The summed E-state index contributed by atoms with van der Waals surface area (Å²) in [6.07, 6.45) is 0. The molecule has 0 aromatic carbocycles. The topological polar surface area (TPSA) is 69.9 Å². The van der Waals surface area contributed by atoms with Crippen LogP contribution in [-0.2, 0) is 16.3 Å². The molecule has 0 saturated heterocycles. The Labute approximate surface area is 75.2 Å². The van der Waals surface area contributed by atoms with Gasteiger partial charge in [0.15, 0.2) is 5.82 Å². The van der Waals surface area contributed by atoms with Crippen molar-refractivity contribution in [2.75, 3.05) is 0 Å². The van der Waals surface area contributed by atoms with E-state index in [4.69, 9.17) is 4.74 Å². The Hall–Kier alpha value is -1.72. The zero-order valence-electron chi connectivity index (χ0n) is 7.52. The molecule has 13 heavy (non-hydrogen) atoms. The van der Waals surface area contributed by atoms with E-state index in [9.17, 15) is 4.79 Å². The number of aromatic nitrogens is 4. The SMILES string of the molecule is C=C(C)C(=O)OCn1nnc(C)n1. The summed E-state index contributed by atoms with van der Waals surface area (Å²) in [5, 5.41) is 11.1. The second kappa shape index (κ2) is 3.79. The summed E-state index contributed by atoms with van der Waals surface area (Å²) in [4.78, 5) is 12.1. The number of carbonyl (C=O) groups excluding carboxylic acids is 1. The van der Waals surface area contributed by atoms with Crippen LogP contribution in [0.1, 0.15) is 12.7 Å². The van der Waals surface area contributed by atoms with Crippen LogP contribution < -0.4 is 0 Å². The minimum atomic E-state index is -0.463. The summed E-state index contributed by atoms with van der Waals surface area (Å²) >= 11 is 0. The highest BCUT2D eigenvalue weighted by Gasteiger charge is 2.04. The third-order valence-corrected chi connectivity index (χ3v) is 1.21. The molecular formula is C7H10N4O2. The van der Waals surface area contributed by atoms with E-state index < -0.39 is 5.97 Å². The normalized spacial score (nSPS) is 9.69. The van der Waals surface area contributed by atoms with Crippen molar-refractivity contribution in [2.24, 2.45) is 0 Å². The highest BCUT2D eigenvalue weighted by atomic mass is 16.5. The highest BCUT2D eigenvalue weighted by molar-refractivity contribution is 5.86. The second-order valence-corrected chi connectivity index (χ2v) is 2.55. The van der Waals surface area contributed by atoms with Crippen molar-refractivity contribution in [3.63, 3.8) is 0 Å². The number of nitrogens with zero attached hydrogens (tertiary/aromatic N) is 4. The Bertz CT molecular complexity index is 331. The van der Waals surface area contributed by atoms with Gasteiger partial charge in [0.25, 0.3) is 0 Å². The molecular weight excluding hydrogens is 172 g/mol. The van der Waals surface area contributed by atoms with Gasteiger partial charge in [0.05, 0.1) is 0 Å². The van der Waals surface area contributed by atoms with Crippen LogP contribution in [0.25, 0.3) is 0 Å². The summed E-state index contributed by atoms with van der Waals surface area (Å²) < 4.78 is 4.76. The van der Waals surface area contributed by atoms with Gasteiger partial charge in [-0.3, -0.25) is 0 Å². The average Bonchev–Trinajstić information content (AvgIpc) is 2.47. The lowest BCUT2D eigenvalue weighted by Crippen LogP contribution is -2.12. The Morgan fingerprint density at radius 1 is 1.69 bits per heavy atom. The fourth-order valence-electron chi connectivity index (χ4n) is 0.618. The predicted molar refractivity (Wildman–Crippen MR) is 43.5 cm³/mol. The average molecular weight is 182 g/mol. The van der Waals surface area contributed by atoms with E-state index in [1.165, 1.54) is 4.80 Å². The first-order valence-electron chi connectivity index (χ1n) is 3.66. The maximum Gasteiger partial charge on any atom is 0.334 e. The summed E-state index contributed by atoms with van der Waals surface area (Å²) in [5.74, 6) is 0.0707. The first-order valence-corrected chi connectivity index (χ1v) is 3.66. The van der Waals surface area contributed by atoms with E-state index in [0.717, 1.165) is 0 Å². The first kappa shape index (κ1) is 9.37. The number of esters is 1. The quantitative estimate of drug-likeness (QED) is 0.488. The molecule has 1 aromatic heterocycles. The minimum Gasteiger partial charge on any atom is -0.437 e. The number of carbonyl (C=O) groups is 1. The molecule has 0 bridgehead atoms. The Kier molecular flexibility index (Phi) is 2.73. The maximum absolute atomic E-state index is 10.9. The van der Waals surface area contributed by atoms with Crippen molar-refractivity contribution in [2.45, 2.75) is 20.6 Å². The summed E-state index contributed by atoms with van der Waals surface area (Å²) in [6, 6.07) is 0. The molecule has 1 heterocycles. The van der Waals surface area contributed by atoms with Gasteiger partial charge in [-0.05, 0) is 19.1 Å². The van der Waals surface area contributed by atoms with Crippen LogP contribution in [-0.4, -0.2) is 26.2 Å². The van der Waals surface area contributed by atoms with E-state index in [0.29, 0.717) is 11.4 Å². The maximum atomic E-state index is 10.9. The van der Waals surface area contributed by atoms with Gasteiger partial charge in [-0.15, -0.1) is 15.0 Å². The fourth-order valence-corrected chi connectivity index (χ4v) is 0.618. The molecule has 0 aliphatic rings. The van der Waals surface area contributed by atoms with Crippen molar-refractivity contribution in [3.05, 3.63) is 18.0 Å². The second-order valence-electron chi connectivity index (χ2n) is 2.55. The monoisotopic (exact) mass is 182 g/mol. The van der Waals surface area contributed by atoms with Crippen molar-refractivity contribution >= 4 is 5.97 Å². The Morgan fingerprint density at radius 3 is 2.85 bits per heavy atom. The van der Waals surface area contributed by atoms with Gasteiger partial charge in [0.1, 0.15) is 0 Å². The van der Waals surface area contributed by atoms with E-state index in [1.54, 1.807) is 13.8 Å². The van der Waals surface area contributed by atoms with Crippen LogP contribution in [0, 0.1) is 6.92 Å². The lowest BCUT2D eigenvalue weighted by Gasteiger charge is -2.01. The van der Waals surface area contributed by atoms with Crippen LogP contribution in [0.4, 0.5) is 0 Å². The third-order valence-electron chi connectivity index (χ3n) is 1.21. The molecule has 0 aliphatic heterocycles. The van der Waals surface area contributed by atoms with Crippen LogP contribution in [0.3, 0.4) is 0 Å². The molecule has 70 valence electrons. The van der Waals surface area contributed by atoms with E-state index in [1.807, 2.05) is 0 Å². The van der Waals surface area contributed by atoms with Crippen LogP contribution in [0.2, 0.25) is 0 Å². The predicted octanol–water partition coefficient (Wildman–Crippen LogP) is 0.0583. The molecule has 0 radical (unpaired) electrons. The van der Waals surface area contributed by atoms with Gasteiger partial charge in [-0.25, -0.2) is 4.79 Å². The molecule has 0 saturated carbocycles. The summed E-state index contributed by atoms with van der Waals surface area (Å²) in [6.45, 7) is 6.67. The molecule has 0 unspecified atom stereocenters. The molecule has 1 aromatic rings. The highest BCUT2D eigenvalue weighted by Crippen LogP contribution is 1.93. The van der Waals surface area contributed by atoms with E-state index in [2.05, 4.69) is 22.0 Å². The zero-order chi connectivity index (χ0) is 9.84. The molecule has 0 amide bonds. The van der Waals surface area contributed by atoms with Crippen LogP contribution in [0.15, 0.2) is 12.2 Å². The first-order chi connectivity index (χ1) is 6.09. The fraction of sp³-hybridized carbons (Fsp3) is 0.429. The molecule has 0 N–H and O–H groups in total. The number of hydrogen-bond donors (Lipinski definition) is 0. The van der Waals surface area contributed by atoms with Crippen LogP contribution in [0.5, 0.6) is 0 Å². The van der Waals surface area contributed by atoms with Gasteiger partial charge in [-0.1, -0.05) is 6.58 Å². The Morgan fingerprint density at radius 2 is 2.38 bits per heavy atom. The Balaban J connectivity index is 2.44. The van der Waals surface area contributed by atoms with E-state index in [-0.39, 0.29) is 6.73 Å². The van der Waals surface area contributed by atoms with Gasteiger partial charge in [-0.2, -0.15) is 0 Å². The van der Waals surface area contributed by atoms with Gasteiger partial charge < -0.3 is 4.74 Å². The molecule has 6 heteroatoms. The standard InChI is InChI=1S/C7H10N4O2/c1-5(2)7(12)13-4-11-9-6(3)8-10-11/h1,4H2,2-3H3. The number of tetrazole rings is 1. The van der Waals surface area contributed by atoms with E-state index >= 15 is 0 Å². The van der Waals surface area contributed by atoms with Crippen molar-refractivity contribution < 1.29 is 9.53 Å². The number of rotatable bonds is 3. The smallest absolute Gasteiger partial charge is 0.334 e. The third kappa shape index (κ3) is 2.66. The lowest BCUT2D eigenvalue weighted by molar-refractivity contribution is -0.143. The summed E-state index contributed by atoms with van der Waals surface area (Å²) in [7, 11) is 0. The van der Waals surface area contributed by atoms with Gasteiger partial charge in [0, 0.05) is 5.57 Å². The number of aryl methyl sites for hydroxylation is 1. The molecule has 0 spiro atoms.